The van der Waals surface area contributed by atoms with E-state index in [0.717, 1.165) is 17.8 Å². The fourth-order valence-electron chi connectivity index (χ4n) is 5.00. The molecule has 4 aliphatic rings. The Morgan fingerprint density at radius 1 is 1.17 bits per heavy atom. The van der Waals surface area contributed by atoms with Gasteiger partial charge in [0.15, 0.2) is 0 Å². The molecule has 0 aromatic carbocycles. The first-order valence-electron chi connectivity index (χ1n) is 7.37. The molecule has 0 unspecified atom stereocenters. The Balaban J connectivity index is 1.67. The summed E-state index contributed by atoms with van der Waals surface area (Å²) in [5.74, 6) is 2.87. The van der Waals surface area contributed by atoms with Crippen molar-refractivity contribution in [3.63, 3.8) is 0 Å². The van der Waals surface area contributed by atoms with Crippen LogP contribution in [0.3, 0.4) is 0 Å². The number of hydrogen-bond acceptors (Lipinski definition) is 2. The third-order valence-electron chi connectivity index (χ3n) is 5.04. The van der Waals surface area contributed by atoms with Crippen molar-refractivity contribution in [2.75, 3.05) is 0 Å². The van der Waals surface area contributed by atoms with Crippen molar-refractivity contribution in [3.05, 3.63) is 0 Å². The molecule has 4 rings (SSSR count). The molecule has 1 amide bonds. The van der Waals surface area contributed by atoms with Crippen molar-refractivity contribution >= 4 is 18.5 Å². The zero-order chi connectivity index (χ0) is 13.0. The smallest absolute Gasteiger partial charge is 0.221 e. The zero-order valence-corrected chi connectivity index (χ0v) is 12.4. The molecular formula is C15H25NOS. The molecule has 0 heterocycles. The van der Waals surface area contributed by atoms with Crippen LogP contribution in [0.15, 0.2) is 0 Å². The molecule has 0 saturated heterocycles. The average molecular weight is 267 g/mol. The van der Waals surface area contributed by atoms with Gasteiger partial charge < -0.3 is 5.32 Å². The first-order chi connectivity index (χ1) is 8.34. The second-order valence-electron chi connectivity index (χ2n) is 7.74. The van der Waals surface area contributed by atoms with Crippen molar-refractivity contribution in [3.8, 4) is 0 Å². The van der Waals surface area contributed by atoms with E-state index in [9.17, 15) is 4.79 Å². The highest BCUT2D eigenvalue weighted by atomic mass is 32.1. The van der Waals surface area contributed by atoms with Crippen LogP contribution < -0.4 is 5.32 Å². The molecule has 0 aliphatic heterocycles. The van der Waals surface area contributed by atoms with Crippen molar-refractivity contribution in [2.45, 2.75) is 69.1 Å². The average Bonchev–Trinajstić information content (AvgIpc) is 2.09. The maximum atomic E-state index is 12.2. The highest BCUT2D eigenvalue weighted by Crippen LogP contribution is 2.55. The Morgan fingerprint density at radius 3 is 2.00 bits per heavy atom. The van der Waals surface area contributed by atoms with Crippen molar-refractivity contribution < 1.29 is 4.79 Å². The summed E-state index contributed by atoms with van der Waals surface area (Å²) < 4.78 is -0.202. The van der Waals surface area contributed by atoms with Gasteiger partial charge in [-0.1, -0.05) is 13.8 Å². The summed E-state index contributed by atoms with van der Waals surface area (Å²) in [6.07, 6.45) is 8.50. The number of nitrogens with one attached hydrogen (secondary N) is 1. The lowest BCUT2D eigenvalue weighted by atomic mass is 9.53. The van der Waals surface area contributed by atoms with Crippen molar-refractivity contribution in [1.29, 1.82) is 0 Å². The van der Waals surface area contributed by atoms with Crippen LogP contribution in [0.2, 0.25) is 0 Å². The number of amides is 1. The van der Waals surface area contributed by atoms with Crippen LogP contribution >= 0.6 is 12.6 Å². The fraction of sp³-hybridized carbons (Fsp3) is 0.933. The zero-order valence-electron chi connectivity index (χ0n) is 11.5. The van der Waals surface area contributed by atoms with E-state index < -0.39 is 0 Å². The maximum Gasteiger partial charge on any atom is 0.221 e. The quantitative estimate of drug-likeness (QED) is 0.756. The van der Waals surface area contributed by atoms with E-state index in [2.05, 4.69) is 17.9 Å². The summed E-state index contributed by atoms with van der Waals surface area (Å²) in [6.45, 7) is 4.02. The molecular weight excluding hydrogens is 242 g/mol. The largest absolute Gasteiger partial charge is 0.351 e. The molecule has 3 heteroatoms. The maximum absolute atomic E-state index is 12.2. The predicted octanol–water partition coefficient (Wildman–Crippen LogP) is 3.17. The van der Waals surface area contributed by atoms with Gasteiger partial charge in [0.05, 0.1) is 0 Å². The Morgan fingerprint density at radius 2 is 1.61 bits per heavy atom. The number of thiol groups is 1. The van der Waals surface area contributed by atoms with Gasteiger partial charge in [-0.25, -0.2) is 0 Å². The van der Waals surface area contributed by atoms with Crippen LogP contribution in [0.1, 0.15) is 58.8 Å². The molecule has 0 aromatic rings. The first kappa shape index (κ1) is 12.8. The van der Waals surface area contributed by atoms with E-state index >= 15 is 0 Å². The molecule has 0 atom stereocenters. The molecule has 4 fully saturated rings. The van der Waals surface area contributed by atoms with Crippen LogP contribution in [0.5, 0.6) is 0 Å². The standard InChI is InChI=1S/C15H25NOS/c1-14(2,18)9-13(17)16-15-6-10-3-11(7-15)5-12(4-10)8-15/h10-12,18H,3-9H2,1-2H3,(H,16,17). The van der Waals surface area contributed by atoms with E-state index in [0.29, 0.717) is 6.42 Å². The SMILES string of the molecule is CC(C)(S)CC(=O)NC12CC3CC(CC(C3)C1)C2. The lowest BCUT2D eigenvalue weighted by Gasteiger charge is -2.57. The number of rotatable bonds is 3. The summed E-state index contributed by atoms with van der Waals surface area (Å²) in [5.41, 5.74) is 0.158. The van der Waals surface area contributed by atoms with Gasteiger partial charge in [-0.2, -0.15) is 12.6 Å². The predicted molar refractivity (Wildman–Crippen MR) is 76.7 cm³/mol. The minimum Gasteiger partial charge on any atom is -0.351 e. The van der Waals surface area contributed by atoms with E-state index in [1.54, 1.807) is 0 Å². The lowest BCUT2D eigenvalue weighted by molar-refractivity contribution is -0.127. The fourth-order valence-corrected chi connectivity index (χ4v) is 5.14. The molecule has 1 N–H and O–H groups in total. The van der Waals surface area contributed by atoms with Gasteiger partial charge >= 0.3 is 0 Å². The van der Waals surface area contributed by atoms with Crippen LogP contribution in [0, 0.1) is 17.8 Å². The third kappa shape index (κ3) is 2.56. The van der Waals surface area contributed by atoms with Gasteiger partial charge in [0, 0.05) is 16.7 Å². The third-order valence-corrected chi connectivity index (χ3v) is 5.19. The van der Waals surface area contributed by atoms with Gasteiger partial charge in [0.2, 0.25) is 5.91 Å². The number of carbonyl (C=O) groups is 1. The van der Waals surface area contributed by atoms with Crippen LogP contribution in [-0.4, -0.2) is 16.2 Å². The van der Waals surface area contributed by atoms with Crippen LogP contribution in [0.25, 0.3) is 0 Å². The normalized spacial score (nSPS) is 42.1. The molecule has 4 bridgehead atoms. The summed E-state index contributed by atoms with van der Waals surface area (Å²) in [6, 6.07) is 0. The van der Waals surface area contributed by atoms with E-state index in [1.165, 1.54) is 38.5 Å². The molecule has 0 spiro atoms. The minimum absolute atomic E-state index is 0.158. The van der Waals surface area contributed by atoms with Gasteiger partial charge in [0.1, 0.15) is 0 Å². The van der Waals surface area contributed by atoms with Crippen LogP contribution in [0.4, 0.5) is 0 Å². The monoisotopic (exact) mass is 267 g/mol. The van der Waals surface area contributed by atoms with Gasteiger partial charge in [0.25, 0.3) is 0 Å². The second kappa shape index (κ2) is 4.16. The summed E-state index contributed by atoms with van der Waals surface area (Å²) in [7, 11) is 0. The van der Waals surface area contributed by atoms with Crippen molar-refractivity contribution in [2.24, 2.45) is 17.8 Å². The first-order valence-corrected chi connectivity index (χ1v) is 7.82. The van der Waals surface area contributed by atoms with Gasteiger partial charge in [-0.3, -0.25) is 4.79 Å². The Hall–Kier alpha value is -0.180. The Labute approximate surface area is 116 Å². The minimum atomic E-state index is -0.202. The lowest BCUT2D eigenvalue weighted by Crippen LogP contribution is -2.60. The van der Waals surface area contributed by atoms with Crippen molar-refractivity contribution in [1.82, 2.24) is 5.32 Å². The molecule has 102 valence electrons. The summed E-state index contributed by atoms with van der Waals surface area (Å²) in [5, 5.41) is 3.39. The molecule has 4 aliphatic carbocycles. The van der Waals surface area contributed by atoms with E-state index in [1.807, 2.05) is 13.8 Å². The van der Waals surface area contributed by atoms with Gasteiger partial charge in [-0.05, 0) is 56.3 Å². The van der Waals surface area contributed by atoms with Gasteiger partial charge in [-0.15, -0.1) is 0 Å². The molecule has 4 saturated carbocycles. The topological polar surface area (TPSA) is 29.1 Å². The van der Waals surface area contributed by atoms with E-state index in [-0.39, 0.29) is 16.2 Å². The van der Waals surface area contributed by atoms with E-state index in [4.69, 9.17) is 0 Å². The number of hydrogen-bond donors (Lipinski definition) is 2. The summed E-state index contributed by atoms with van der Waals surface area (Å²) >= 11 is 4.47. The Kier molecular flexibility index (Phi) is 2.96. The number of carbonyl (C=O) groups excluding carboxylic acids is 1. The molecule has 0 aromatic heterocycles. The Bertz CT molecular complexity index is 323. The summed E-state index contributed by atoms with van der Waals surface area (Å²) in [4.78, 5) is 12.2. The van der Waals surface area contributed by atoms with Crippen LogP contribution in [-0.2, 0) is 4.79 Å². The highest BCUT2D eigenvalue weighted by Gasteiger charge is 2.51. The highest BCUT2D eigenvalue weighted by molar-refractivity contribution is 7.81. The molecule has 0 radical (unpaired) electrons. The molecule has 2 nitrogen and oxygen atoms in total. The molecule has 18 heavy (non-hydrogen) atoms. The second-order valence-corrected chi connectivity index (χ2v) is 8.95.